The third-order valence-corrected chi connectivity index (χ3v) is 2.22. The summed E-state index contributed by atoms with van der Waals surface area (Å²) in [6, 6.07) is 9.17. The number of nitrogens with zero attached hydrogens (tertiary/aromatic N) is 1. The molecule has 0 heterocycles. The van der Waals surface area contributed by atoms with Crippen LogP contribution in [-0.2, 0) is 10.3 Å². The highest BCUT2D eigenvalue weighted by molar-refractivity contribution is 7.83. The van der Waals surface area contributed by atoms with Crippen molar-refractivity contribution in [3.05, 3.63) is 35.9 Å². The third kappa shape index (κ3) is 4.00. The average molecular weight is 242 g/mol. The van der Waals surface area contributed by atoms with Gasteiger partial charge in [-0.1, -0.05) is 44.2 Å². The summed E-state index contributed by atoms with van der Waals surface area (Å²) in [6.45, 7) is 3.77. The van der Waals surface area contributed by atoms with Crippen LogP contribution in [-0.4, -0.2) is 18.7 Å². The Bertz CT molecular complexity index is 466. The maximum absolute atomic E-state index is 10.5. The molecular weight excluding hydrogens is 228 g/mol. The molecule has 1 aromatic rings. The molecule has 5 nitrogen and oxygen atoms in total. The summed E-state index contributed by atoms with van der Waals surface area (Å²) < 4.78 is 29.6. The highest BCUT2D eigenvalue weighted by atomic mass is 32.2. The Balaban J connectivity index is 3.02. The molecule has 0 radical (unpaired) electrons. The predicted octanol–water partition coefficient (Wildman–Crippen LogP) is 1.44. The van der Waals surface area contributed by atoms with Gasteiger partial charge >= 0.3 is 10.3 Å². The molecule has 0 unspecified atom stereocenters. The molecule has 0 saturated carbocycles. The summed E-state index contributed by atoms with van der Waals surface area (Å²) in [5.41, 5.74) is 1.38. The van der Waals surface area contributed by atoms with E-state index in [0.717, 1.165) is 5.56 Å². The molecule has 0 aromatic heterocycles. The Kier molecular flexibility index (Phi) is 4.03. The average Bonchev–Trinajstić information content (AvgIpc) is 2.17. The molecule has 0 aliphatic heterocycles. The Labute approximate surface area is 95.1 Å². The molecule has 16 heavy (non-hydrogen) atoms. The summed E-state index contributed by atoms with van der Waals surface area (Å²) in [7, 11) is -4.30. The van der Waals surface area contributed by atoms with Gasteiger partial charge < -0.3 is 0 Å². The molecule has 0 aliphatic carbocycles. The Morgan fingerprint density at radius 2 is 1.88 bits per heavy atom. The first-order valence-electron chi connectivity index (χ1n) is 4.77. The van der Waals surface area contributed by atoms with Gasteiger partial charge in [0.2, 0.25) is 0 Å². The van der Waals surface area contributed by atoms with Gasteiger partial charge in [0.05, 0.1) is 5.71 Å². The Morgan fingerprint density at radius 3 is 2.31 bits per heavy atom. The van der Waals surface area contributed by atoms with Gasteiger partial charge in [0.15, 0.2) is 0 Å². The number of nitrogens with one attached hydrogen (secondary N) is 1. The van der Waals surface area contributed by atoms with Gasteiger partial charge in [0.25, 0.3) is 0 Å². The number of hydrazone groups is 1. The molecular formula is C10H14N2O3S. The van der Waals surface area contributed by atoms with E-state index in [-0.39, 0.29) is 5.92 Å². The zero-order valence-electron chi connectivity index (χ0n) is 9.08. The molecule has 0 aliphatic rings. The van der Waals surface area contributed by atoms with E-state index in [1.807, 2.05) is 44.2 Å². The smallest absolute Gasteiger partial charge is 0.268 e. The number of hydrogen-bond acceptors (Lipinski definition) is 3. The highest BCUT2D eigenvalue weighted by Crippen LogP contribution is 2.08. The minimum Gasteiger partial charge on any atom is -0.268 e. The summed E-state index contributed by atoms with van der Waals surface area (Å²) >= 11 is 0. The van der Waals surface area contributed by atoms with E-state index in [2.05, 4.69) is 5.10 Å². The Morgan fingerprint density at radius 1 is 1.31 bits per heavy atom. The second-order valence-corrected chi connectivity index (χ2v) is 4.72. The molecule has 0 amide bonds. The summed E-state index contributed by atoms with van der Waals surface area (Å²) in [5.74, 6) is 0.0386. The van der Waals surface area contributed by atoms with Crippen LogP contribution >= 0.6 is 0 Å². The monoisotopic (exact) mass is 242 g/mol. The van der Waals surface area contributed by atoms with Crippen LogP contribution in [0.25, 0.3) is 0 Å². The number of hydrogen-bond donors (Lipinski definition) is 2. The lowest BCUT2D eigenvalue weighted by Crippen LogP contribution is -2.21. The van der Waals surface area contributed by atoms with Gasteiger partial charge in [-0.3, -0.25) is 4.55 Å². The van der Waals surface area contributed by atoms with E-state index in [1.165, 1.54) is 0 Å². The first-order chi connectivity index (χ1) is 7.40. The molecule has 1 aromatic carbocycles. The maximum atomic E-state index is 10.5. The standard InChI is InChI=1S/C10H14N2O3S/c1-8(2)10(11-12-16(13,14)15)9-6-4-3-5-7-9/h3-8,12H,1-2H3,(H,13,14,15)/b11-10+. The first-order valence-corrected chi connectivity index (χ1v) is 6.21. The largest absolute Gasteiger partial charge is 0.372 e. The minimum atomic E-state index is -4.30. The van der Waals surface area contributed by atoms with Crippen molar-refractivity contribution in [2.24, 2.45) is 11.0 Å². The van der Waals surface area contributed by atoms with Crippen molar-refractivity contribution >= 4 is 16.0 Å². The van der Waals surface area contributed by atoms with Gasteiger partial charge in [-0.25, -0.2) is 0 Å². The SMILES string of the molecule is CC(C)/C(=N\NS(=O)(=O)O)c1ccccc1. The van der Waals surface area contributed by atoms with Crippen LogP contribution in [0.4, 0.5) is 0 Å². The number of rotatable bonds is 4. The van der Waals surface area contributed by atoms with Crippen LogP contribution in [0.3, 0.4) is 0 Å². The normalized spacial score (nSPS) is 12.9. The molecule has 6 heteroatoms. The van der Waals surface area contributed by atoms with Crippen LogP contribution in [0.5, 0.6) is 0 Å². The zero-order chi connectivity index (χ0) is 12.2. The van der Waals surface area contributed by atoms with Gasteiger partial charge in [0, 0.05) is 0 Å². The maximum Gasteiger partial charge on any atom is 0.372 e. The van der Waals surface area contributed by atoms with Gasteiger partial charge in [-0.2, -0.15) is 18.4 Å². The molecule has 88 valence electrons. The zero-order valence-corrected chi connectivity index (χ0v) is 9.90. The molecule has 0 saturated heterocycles. The minimum absolute atomic E-state index is 0.0386. The molecule has 1 rings (SSSR count). The lowest BCUT2D eigenvalue weighted by atomic mass is 10.0. The van der Waals surface area contributed by atoms with Crippen LogP contribution < -0.4 is 4.83 Å². The van der Waals surface area contributed by atoms with Crippen molar-refractivity contribution in [3.8, 4) is 0 Å². The quantitative estimate of drug-likeness (QED) is 0.476. The third-order valence-electron chi connectivity index (χ3n) is 1.90. The van der Waals surface area contributed by atoms with Crippen molar-refractivity contribution in [2.45, 2.75) is 13.8 Å². The Hall–Kier alpha value is -1.40. The summed E-state index contributed by atoms with van der Waals surface area (Å²) in [5, 5.41) is 3.69. The van der Waals surface area contributed by atoms with Gasteiger partial charge in [-0.05, 0) is 11.5 Å². The van der Waals surface area contributed by atoms with Crippen LogP contribution in [0.2, 0.25) is 0 Å². The fourth-order valence-electron chi connectivity index (χ4n) is 1.24. The van der Waals surface area contributed by atoms with E-state index in [0.29, 0.717) is 5.71 Å². The second-order valence-electron chi connectivity index (χ2n) is 3.58. The van der Waals surface area contributed by atoms with E-state index >= 15 is 0 Å². The first kappa shape index (κ1) is 12.7. The molecule has 0 atom stereocenters. The summed E-state index contributed by atoms with van der Waals surface area (Å²) in [6.07, 6.45) is 0. The van der Waals surface area contributed by atoms with Crippen molar-refractivity contribution in [1.82, 2.24) is 4.83 Å². The van der Waals surface area contributed by atoms with E-state index in [9.17, 15) is 8.42 Å². The lowest BCUT2D eigenvalue weighted by Gasteiger charge is -2.09. The van der Waals surface area contributed by atoms with Crippen molar-refractivity contribution in [2.75, 3.05) is 0 Å². The van der Waals surface area contributed by atoms with Gasteiger partial charge in [-0.15, -0.1) is 0 Å². The fourth-order valence-corrected chi connectivity index (χ4v) is 1.46. The molecule has 0 spiro atoms. The van der Waals surface area contributed by atoms with E-state index < -0.39 is 10.3 Å². The van der Waals surface area contributed by atoms with Crippen molar-refractivity contribution in [1.29, 1.82) is 0 Å². The van der Waals surface area contributed by atoms with Crippen molar-refractivity contribution in [3.63, 3.8) is 0 Å². The molecule has 0 bridgehead atoms. The van der Waals surface area contributed by atoms with Crippen LogP contribution in [0.1, 0.15) is 19.4 Å². The predicted molar refractivity (Wildman–Crippen MR) is 62.5 cm³/mol. The van der Waals surface area contributed by atoms with Crippen LogP contribution in [0, 0.1) is 5.92 Å². The topological polar surface area (TPSA) is 78.8 Å². The lowest BCUT2D eigenvalue weighted by molar-refractivity contribution is 0.469. The summed E-state index contributed by atoms with van der Waals surface area (Å²) in [4.78, 5) is 1.72. The molecule has 2 N–H and O–H groups in total. The van der Waals surface area contributed by atoms with Crippen molar-refractivity contribution < 1.29 is 13.0 Å². The van der Waals surface area contributed by atoms with E-state index in [1.54, 1.807) is 4.83 Å². The van der Waals surface area contributed by atoms with Crippen LogP contribution in [0.15, 0.2) is 35.4 Å². The van der Waals surface area contributed by atoms with Gasteiger partial charge in [0.1, 0.15) is 0 Å². The van der Waals surface area contributed by atoms with E-state index in [4.69, 9.17) is 4.55 Å². The second kappa shape index (κ2) is 5.09. The molecule has 0 fully saturated rings. The fraction of sp³-hybridized carbons (Fsp3) is 0.300. The number of benzene rings is 1. The highest BCUT2D eigenvalue weighted by Gasteiger charge is 2.09.